The van der Waals surface area contributed by atoms with Gasteiger partial charge in [0.15, 0.2) is 0 Å². The van der Waals surface area contributed by atoms with Crippen LogP contribution in [0.5, 0.6) is 0 Å². The summed E-state index contributed by atoms with van der Waals surface area (Å²) >= 11 is 0. The quantitative estimate of drug-likeness (QED) is 0.370. The normalized spacial score (nSPS) is 15.3. The van der Waals surface area contributed by atoms with Gasteiger partial charge in [0, 0.05) is 38.2 Å². The van der Waals surface area contributed by atoms with Crippen LogP contribution in [0.1, 0.15) is 64.5 Å². The van der Waals surface area contributed by atoms with E-state index in [1.54, 1.807) is 12.1 Å². The summed E-state index contributed by atoms with van der Waals surface area (Å²) in [5.41, 5.74) is 11.0. The standard InChI is InChI=1S/C26H29N5O3.C5H12/c1-18(32)29-30-26(34)31(19-9-3-2-4-10-19)16-15-27-25(33)28-17-24-22-13-7-5-11-20(22)21-12-6-8-14-23(21)24;1-5(2,3)4/h2-5,7-11,13-14,24H,6,12,15-17H2,1H3,(H,29,32)(H,30,34)(H2,27,28,33);1-4H3. The van der Waals surface area contributed by atoms with E-state index in [0.717, 1.165) is 12.8 Å². The maximum Gasteiger partial charge on any atom is 0.340 e. The molecular weight excluding hydrogens is 490 g/mol. The zero-order chi connectivity index (χ0) is 28.4. The number of rotatable bonds is 6. The lowest BCUT2D eigenvalue weighted by Gasteiger charge is -2.23. The zero-order valence-electron chi connectivity index (χ0n) is 23.6. The van der Waals surface area contributed by atoms with Crippen molar-refractivity contribution >= 4 is 29.2 Å². The Bertz CT molecular complexity index is 1210. The van der Waals surface area contributed by atoms with Gasteiger partial charge in [-0.15, -0.1) is 0 Å². The molecule has 1 unspecified atom stereocenters. The summed E-state index contributed by atoms with van der Waals surface area (Å²) in [5.74, 6) is -0.240. The third kappa shape index (κ3) is 9.02. The van der Waals surface area contributed by atoms with Crippen molar-refractivity contribution in [2.75, 3.05) is 24.5 Å². The van der Waals surface area contributed by atoms with Crippen LogP contribution in [0.25, 0.3) is 5.57 Å². The highest BCUT2D eigenvalue weighted by atomic mass is 16.2. The zero-order valence-corrected chi connectivity index (χ0v) is 23.6. The van der Waals surface area contributed by atoms with Gasteiger partial charge in [0.1, 0.15) is 0 Å². The number of carbonyl (C=O) groups is 3. The number of hydrogen-bond acceptors (Lipinski definition) is 3. The Morgan fingerprint density at radius 3 is 2.28 bits per heavy atom. The van der Waals surface area contributed by atoms with E-state index in [1.807, 2.05) is 24.3 Å². The molecule has 0 saturated carbocycles. The number of fused-ring (bicyclic) bond motifs is 2. The van der Waals surface area contributed by atoms with Crippen LogP contribution in [0.4, 0.5) is 15.3 Å². The molecule has 4 rings (SSSR count). The third-order valence-corrected chi connectivity index (χ3v) is 5.99. The Kier molecular flexibility index (Phi) is 10.3. The van der Waals surface area contributed by atoms with Crippen molar-refractivity contribution in [2.45, 2.75) is 53.4 Å². The van der Waals surface area contributed by atoms with Crippen LogP contribution in [-0.2, 0) is 4.79 Å². The predicted molar refractivity (Wildman–Crippen MR) is 157 cm³/mol. The maximum absolute atomic E-state index is 12.5. The molecule has 8 nitrogen and oxygen atoms in total. The summed E-state index contributed by atoms with van der Waals surface area (Å²) in [6.07, 6.45) is 6.46. The largest absolute Gasteiger partial charge is 0.340 e. The van der Waals surface area contributed by atoms with Crippen LogP contribution in [0.15, 0.2) is 72.3 Å². The molecule has 4 N–H and O–H groups in total. The number of nitrogens with zero attached hydrogens (tertiary/aromatic N) is 1. The molecule has 39 heavy (non-hydrogen) atoms. The Morgan fingerprint density at radius 1 is 0.923 bits per heavy atom. The van der Waals surface area contributed by atoms with Crippen LogP contribution < -0.4 is 26.4 Å². The van der Waals surface area contributed by atoms with Gasteiger partial charge >= 0.3 is 12.1 Å². The number of allylic oxidation sites excluding steroid dienone is 3. The molecule has 2 aliphatic rings. The highest BCUT2D eigenvalue weighted by Gasteiger charge is 2.30. The summed E-state index contributed by atoms with van der Waals surface area (Å²) in [6, 6.07) is 16.7. The summed E-state index contributed by atoms with van der Waals surface area (Å²) < 4.78 is 0. The van der Waals surface area contributed by atoms with Crippen molar-refractivity contribution in [3.8, 4) is 0 Å². The predicted octanol–water partition coefficient (Wildman–Crippen LogP) is 5.51. The lowest BCUT2D eigenvalue weighted by molar-refractivity contribution is -0.119. The summed E-state index contributed by atoms with van der Waals surface area (Å²) in [6.45, 7) is 11.0. The Labute approximate surface area is 231 Å². The van der Waals surface area contributed by atoms with Crippen LogP contribution >= 0.6 is 0 Å². The van der Waals surface area contributed by atoms with Gasteiger partial charge in [-0.2, -0.15) is 0 Å². The molecule has 2 aromatic carbocycles. The molecule has 2 aromatic rings. The molecule has 0 bridgehead atoms. The van der Waals surface area contributed by atoms with Crippen molar-refractivity contribution in [3.05, 3.63) is 83.4 Å². The first kappa shape index (κ1) is 29.5. The number of nitrogens with one attached hydrogen (secondary N) is 4. The third-order valence-electron chi connectivity index (χ3n) is 5.99. The number of anilines is 1. The second-order valence-corrected chi connectivity index (χ2v) is 11.3. The maximum atomic E-state index is 12.5. The molecule has 0 saturated heterocycles. The number of para-hydroxylation sites is 1. The van der Waals surface area contributed by atoms with Gasteiger partial charge in [-0.1, -0.05) is 82.3 Å². The van der Waals surface area contributed by atoms with Crippen LogP contribution in [0.2, 0.25) is 0 Å². The topological polar surface area (TPSA) is 103 Å². The van der Waals surface area contributed by atoms with Gasteiger partial charge in [-0.3, -0.25) is 15.1 Å². The summed E-state index contributed by atoms with van der Waals surface area (Å²) in [5, 5.41) is 5.82. The highest BCUT2D eigenvalue weighted by molar-refractivity contribution is 5.93. The van der Waals surface area contributed by atoms with E-state index in [-0.39, 0.29) is 30.9 Å². The van der Waals surface area contributed by atoms with E-state index in [9.17, 15) is 14.4 Å². The number of amides is 5. The Hall–Kier alpha value is -4.07. The van der Waals surface area contributed by atoms with Crippen molar-refractivity contribution in [2.24, 2.45) is 5.41 Å². The molecule has 0 aromatic heterocycles. The van der Waals surface area contributed by atoms with Gasteiger partial charge in [0.05, 0.1) is 0 Å². The molecule has 1 atom stereocenters. The van der Waals surface area contributed by atoms with E-state index >= 15 is 0 Å². The average molecular weight is 532 g/mol. The van der Waals surface area contributed by atoms with Crippen LogP contribution in [0, 0.1) is 5.41 Å². The smallest absolute Gasteiger partial charge is 0.337 e. The first-order valence-electron chi connectivity index (χ1n) is 13.4. The molecule has 2 aliphatic carbocycles. The lowest BCUT2D eigenvalue weighted by Crippen LogP contribution is -2.50. The van der Waals surface area contributed by atoms with E-state index < -0.39 is 6.03 Å². The molecular formula is C31H41N5O3. The summed E-state index contributed by atoms with van der Waals surface area (Å²) in [7, 11) is 0. The average Bonchev–Trinajstić information content (AvgIpc) is 3.22. The van der Waals surface area contributed by atoms with E-state index in [1.165, 1.54) is 34.1 Å². The summed E-state index contributed by atoms with van der Waals surface area (Å²) in [4.78, 5) is 37.7. The second kappa shape index (κ2) is 13.6. The fourth-order valence-electron chi connectivity index (χ4n) is 4.47. The number of hydrazine groups is 1. The van der Waals surface area contributed by atoms with Gasteiger partial charge < -0.3 is 10.6 Å². The minimum absolute atomic E-state index is 0.137. The first-order valence-corrected chi connectivity index (χ1v) is 13.4. The van der Waals surface area contributed by atoms with Gasteiger partial charge in [0.25, 0.3) is 0 Å². The van der Waals surface area contributed by atoms with Crippen LogP contribution in [-0.4, -0.2) is 37.6 Å². The van der Waals surface area contributed by atoms with E-state index in [0.29, 0.717) is 17.6 Å². The number of benzene rings is 2. The molecule has 0 fully saturated rings. The minimum atomic E-state index is -0.491. The highest BCUT2D eigenvalue weighted by Crippen LogP contribution is 2.45. The number of urea groups is 2. The van der Waals surface area contributed by atoms with Crippen LogP contribution in [0.3, 0.4) is 0 Å². The molecule has 0 aliphatic heterocycles. The van der Waals surface area contributed by atoms with Crippen molar-refractivity contribution in [1.82, 2.24) is 21.5 Å². The first-order chi connectivity index (χ1) is 18.5. The monoisotopic (exact) mass is 531 g/mol. The molecule has 0 spiro atoms. The van der Waals surface area contributed by atoms with Crippen molar-refractivity contribution in [1.29, 1.82) is 0 Å². The fourth-order valence-corrected chi connectivity index (χ4v) is 4.47. The van der Waals surface area contributed by atoms with Gasteiger partial charge in [-0.25, -0.2) is 15.0 Å². The van der Waals surface area contributed by atoms with E-state index in [4.69, 9.17) is 0 Å². The van der Waals surface area contributed by atoms with Gasteiger partial charge in [-0.05, 0) is 52.7 Å². The molecule has 0 radical (unpaired) electrons. The fraction of sp³-hybridized carbons (Fsp3) is 0.387. The van der Waals surface area contributed by atoms with Crippen molar-refractivity contribution < 1.29 is 14.4 Å². The molecule has 208 valence electrons. The number of hydrogen-bond donors (Lipinski definition) is 4. The molecule has 8 heteroatoms. The Morgan fingerprint density at radius 2 is 1.59 bits per heavy atom. The van der Waals surface area contributed by atoms with Gasteiger partial charge in [0.2, 0.25) is 5.91 Å². The SMILES string of the molecule is CC(=O)NNC(=O)N(CCNC(=O)NCC1C2=C(CCC=C2)c2ccccc21)c1ccccc1.CC(C)(C)C. The minimum Gasteiger partial charge on any atom is -0.337 e. The second-order valence-electron chi connectivity index (χ2n) is 11.3. The van der Waals surface area contributed by atoms with E-state index in [2.05, 4.69) is 79.5 Å². The lowest BCUT2D eigenvalue weighted by atomic mass is 9.93. The molecule has 0 heterocycles. The van der Waals surface area contributed by atoms with Crippen molar-refractivity contribution in [3.63, 3.8) is 0 Å². The Balaban J connectivity index is 0.000000771. The molecule has 5 amide bonds. The number of carbonyl (C=O) groups excluding carboxylic acids is 3.